The van der Waals surface area contributed by atoms with Crippen LogP contribution in [0.5, 0.6) is 17.2 Å². The Hall–Kier alpha value is -7.54. The summed E-state index contributed by atoms with van der Waals surface area (Å²) in [6.07, 6.45) is -9.82. The quantitative estimate of drug-likeness (QED) is 0.0167. The molecule has 4 unspecified atom stereocenters. The summed E-state index contributed by atoms with van der Waals surface area (Å²) >= 11 is 1.32. The number of aliphatic hydroxyl groups excluding tert-OH is 7. The Kier molecular flexibility index (Phi) is 25.1. The topological polar surface area (TPSA) is 491 Å². The van der Waals surface area contributed by atoms with Gasteiger partial charge >= 0.3 is 10.4 Å². The van der Waals surface area contributed by atoms with Crippen LogP contribution in [0.25, 0.3) is 21.1 Å². The van der Waals surface area contributed by atoms with Crippen LogP contribution in [0.2, 0.25) is 0 Å². The number of unbranched alkanes of at least 4 members (excludes halogenated alkanes) is 4. The van der Waals surface area contributed by atoms with E-state index in [1.807, 2.05) is 24.3 Å². The molecule has 1 aromatic heterocycles. The van der Waals surface area contributed by atoms with Crippen molar-refractivity contribution >= 4 is 63.0 Å². The predicted octanol–water partition coefficient (Wildman–Crippen LogP) is -2.50. The average molecular weight is 1310 g/mol. The first-order valence-electron chi connectivity index (χ1n) is 29.5. The minimum atomic E-state index is -5.31. The summed E-state index contributed by atoms with van der Waals surface area (Å²) in [5, 5.41) is 109. The fourth-order valence-corrected chi connectivity index (χ4v) is 11.9. The second kappa shape index (κ2) is 32.1. The number of aliphatic imine (C=N–C) groups is 1. The fraction of sp³-hybridized carbons (Fsp3) is 0.534. The van der Waals surface area contributed by atoms with Crippen LogP contribution in [0.4, 0.5) is 0 Å². The molecule has 7 rings (SSSR count). The Morgan fingerprint density at radius 3 is 1.99 bits per heavy atom. The molecule has 3 aliphatic heterocycles. The molecule has 33 heteroatoms. The van der Waals surface area contributed by atoms with E-state index >= 15 is 0 Å². The van der Waals surface area contributed by atoms with Gasteiger partial charge in [-0.3, -0.25) is 38.3 Å². The highest BCUT2D eigenvalue weighted by Gasteiger charge is 2.50. The number of carbonyl (C=O) groups excluding carboxylic acids is 6. The summed E-state index contributed by atoms with van der Waals surface area (Å²) in [4.78, 5) is 93.2. The molecule has 4 heterocycles. The Morgan fingerprint density at radius 2 is 1.36 bits per heavy atom. The fourth-order valence-electron chi connectivity index (χ4n) is 10.7. The molecule has 31 nitrogen and oxygen atoms in total. The summed E-state index contributed by atoms with van der Waals surface area (Å²) in [5.41, 5.74) is 13.5. The lowest BCUT2D eigenvalue weighted by molar-refractivity contribution is -0.148. The number of nitrogens with one attached hydrogen (secondary N) is 4. The van der Waals surface area contributed by atoms with E-state index in [2.05, 4.69) is 40.6 Å². The number of rotatable bonds is 22. The van der Waals surface area contributed by atoms with E-state index in [1.54, 1.807) is 31.4 Å². The van der Waals surface area contributed by atoms with Gasteiger partial charge in [0.1, 0.15) is 70.1 Å². The number of aromatic hydroxyl groups is 1. The van der Waals surface area contributed by atoms with Crippen molar-refractivity contribution in [3.63, 3.8) is 0 Å². The molecule has 0 radical (unpaired) electrons. The molecule has 3 saturated heterocycles. The van der Waals surface area contributed by atoms with Crippen molar-refractivity contribution < 1.29 is 96.2 Å². The summed E-state index contributed by atoms with van der Waals surface area (Å²) in [7, 11) is -3.61. The first kappa shape index (κ1) is 70.9. The van der Waals surface area contributed by atoms with Crippen molar-refractivity contribution in [1.29, 1.82) is 0 Å². The third kappa shape index (κ3) is 18.6. The highest BCUT2D eigenvalue weighted by Crippen LogP contribution is 2.34. The van der Waals surface area contributed by atoms with Gasteiger partial charge in [-0.25, -0.2) is 0 Å². The van der Waals surface area contributed by atoms with Crippen LogP contribution in [-0.4, -0.2) is 234 Å². The average Bonchev–Trinajstić information content (AvgIpc) is 1.88. The number of amides is 6. The zero-order valence-electron chi connectivity index (χ0n) is 50.1. The smallest absolute Gasteiger partial charge is 0.446 e. The maximum absolute atomic E-state index is 14.7. The van der Waals surface area contributed by atoms with E-state index in [4.69, 9.17) is 20.9 Å². The van der Waals surface area contributed by atoms with Crippen molar-refractivity contribution in [2.24, 2.45) is 22.4 Å². The minimum Gasteiger partial charge on any atom is -0.504 e. The maximum atomic E-state index is 14.7. The Labute approximate surface area is 527 Å². The van der Waals surface area contributed by atoms with Gasteiger partial charge in [0.05, 0.1) is 37.1 Å². The number of phenolic OH excluding ortho intramolecular Hbond substituents is 1. The van der Waals surface area contributed by atoms with Crippen LogP contribution in [-0.2, 0) is 43.9 Å². The van der Waals surface area contributed by atoms with Gasteiger partial charge in [0, 0.05) is 68.8 Å². The van der Waals surface area contributed by atoms with Gasteiger partial charge in [-0.05, 0) is 74.7 Å². The van der Waals surface area contributed by atoms with Gasteiger partial charge < -0.3 is 97.0 Å². The zero-order chi connectivity index (χ0) is 66.4. The lowest BCUT2D eigenvalue weighted by Gasteiger charge is -2.34. The number of nitrogens with two attached hydrogens (primary N) is 2. The van der Waals surface area contributed by atoms with Gasteiger partial charge in [-0.2, -0.15) is 8.42 Å². The van der Waals surface area contributed by atoms with Crippen LogP contribution >= 0.6 is 11.3 Å². The summed E-state index contributed by atoms with van der Waals surface area (Å²) in [5.74, 6) is -9.74. The van der Waals surface area contributed by atoms with Crippen LogP contribution in [0.3, 0.4) is 0 Å². The molecule has 3 aliphatic rings. The first-order chi connectivity index (χ1) is 43.2. The Balaban J connectivity index is 1.18. The normalized spacial score (nSPS) is 25.6. The molecule has 4 aromatic rings. The third-order valence-corrected chi connectivity index (χ3v) is 17.1. The summed E-state index contributed by atoms with van der Waals surface area (Å²) in [6.45, 7) is 1.94. The number of nitrogens with zero attached hydrogens (tertiary/aromatic N) is 5. The van der Waals surface area contributed by atoms with Crippen molar-refractivity contribution in [3.05, 3.63) is 77.9 Å². The zero-order valence-corrected chi connectivity index (χ0v) is 51.7. The lowest BCUT2D eigenvalue weighted by Crippen LogP contribution is -2.64. The number of phenols is 1. The Bertz CT molecular complexity index is 3310. The molecule has 3 aromatic carbocycles. The van der Waals surface area contributed by atoms with Gasteiger partial charge in [-0.1, -0.05) is 67.9 Å². The second-order valence-electron chi connectivity index (χ2n) is 22.6. The second-order valence-corrected chi connectivity index (χ2v) is 24.6. The molecule has 0 spiro atoms. The molecule has 0 aliphatic carbocycles. The third-order valence-electron chi connectivity index (χ3n) is 15.7. The molecule has 17 N–H and O–H groups in total. The van der Waals surface area contributed by atoms with Crippen LogP contribution in [0, 0.1) is 5.92 Å². The summed E-state index contributed by atoms with van der Waals surface area (Å²) < 4.78 is 47.8. The van der Waals surface area contributed by atoms with E-state index in [1.165, 1.54) is 18.3 Å². The molecule has 498 valence electrons. The van der Waals surface area contributed by atoms with Gasteiger partial charge in [-0.15, -0.1) is 10.2 Å². The van der Waals surface area contributed by atoms with Crippen LogP contribution in [0.15, 0.2) is 71.7 Å². The van der Waals surface area contributed by atoms with E-state index in [9.17, 15) is 82.6 Å². The number of aromatic nitrogens is 2. The molecular weight excluding hydrogens is 1230 g/mol. The van der Waals surface area contributed by atoms with E-state index < -0.39 is 180 Å². The van der Waals surface area contributed by atoms with Gasteiger partial charge in [0.2, 0.25) is 35.4 Å². The molecule has 14 atom stereocenters. The summed E-state index contributed by atoms with van der Waals surface area (Å²) in [6, 6.07) is 4.49. The van der Waals surface area contributed by atoms with Crippen molar-refractivity contribution in [1.82, 2.24) is 41.3 Å². The van der Waals surface area contributed by atoms with E-state index in [0.717, 1.165) is 78.9 Å². The lowest BCUT2D eigenvalue weighted by atomic mass is 9.96. The molecule has 0 bridgehead atoms. The molecule has 6 amide bonds. The highest BCUT2D eigenvalue weighted by molar-refractivity contribution is 7.81. The highest BCUT2D eigenvalue weighted by atomic mass is 32.3. The maximum Gasteiger partial charge on any atom is 0.446 e. The number of β-amino-alcohol motifs (C(OH)–C–C–N with tert-alkyl or cyclic N) is 1. The van der Waals surface area contributed by atoms with E-state index in [0.29, 0.717) is 28.3 Å². The number of fused-ring (bicyclic) bond motifs is 2. The van der Waals surface area contributed by atoms with Crippen LogP contribution in [0.1, 0.15) is 82.4 Å². The SMILES string of the molecule is COCCCCCCCOc1ccc(-c2nnc(-c3ccc(C(N)=NC4C[C@@H](O)CNC(=O)C5[C@@H](O)[C@@H](C)CN5C(=O)C([C@H](O)CCN)NC(=O)[C@H]([C@H](O)[C@@H](O)c5ccc(O)c(OS(=O)(=O)O)c5)NC(=O)C5C[C@@H](O)CN5C(=O)[C@H]([C@@H](C)O)NC4=O)cc3)s2)cc1. The molecule has 3 fully saturated rings. The number of hydrogen-bond donors (Lipinski definition) is 15. The number of ether oxygens (including phenoxy) is 2. The van der Waals surface area contributed by atoms with Crippen molar-refractivity contribution in [3.8, 4) is 38.4 Å². The molecule has 91 heavy (non-hydrogen) atoms. The van der Waals surface area contributed by atoms with Gasteiger partial charge in [0.25, 0.3) is 0 Å². The van der Waals surface area contributed by atoms with Crippen molar-refractivity contribution in [2.45, 2.75) is 144 Å². The number of methoxy groups -OCH3 is 1. The molecular formula is C58H79N11O20S2. The number of hydrogen-bond acceptors (Lipinski definition) is 24. The Morgan fingerprint density at radius 1 is 0.758 bits per heavy atom. The standard InChI is InChI=1S/C58H79N11O20S2/c1-29-27-69-46(47(29)75)54(81)61-26-35(71)24-38(62-50(60)31-9-11-32(12-10-31)55-66-67-56(90-55)33-13-16-37(17-14-33)88-22-8-6-4-5-7-21-87-3)51(78)63-43(30(2)70)57(82)68-28-36(72)25-39(68)52(79)65-45(53(80)64-44(58(69)83)41(74)19-20-59)49(77)48(76)34-15-18-40(73)42(23-34)89-91(84,85)86/h9-18,23,29-30,35-36,38-39,41,43-49,70-77H,4-8,19-22,24-28,59H2,1-3H3,(H2,60,62)(H,61,81)(H,63,78)(H,64,80)(H,65,79)(H,84,85,86)/t29-,30+,35+,36+,38?,39?,41+,43-,44?,45-,46?,47-,48-,49-/m0/s1. The number of carbonyl (C=O) groups is 6. The molecule has 0 saturated carbocycles. The van der Waals surface area contributed by atoms with Crippen molar-refractivity contribution in [2.75, 3.05) is 46.5 Å². The number of aliphatic hydroxyl groups is 7. The van der Waals surface area contributed by atoms with E-state index in [-0.39, 0.29) is 24.5 Å². The largest absolute Gasteiger partial charge is 0.504 e. The number of amidine groups is 1. The monoisotopic (exact) mass is 1310 g/mol. The first-order valence-corrected chi connectivity index (χ1v) is 31.6. The number of benzene rings is 3. The predicted molar refractivity (Wildman–Crippen MR) is 325 cm³/mol. The van der Waals surface area contributed by atoms with Crippen LogP contribution < -0.4 is 41.7 Å². The minimum absolute atomic E-state index is 0.263. The van der Waals surface area contributed by atoms with Gasteiger partial charge in [0.15, 0.2) is 11.5 Å².